The minimum Gasteiger partial charge on any atom is -0.372 e. The molecule has 1 fully saturated rings. The second-order valence-corrected chi connectivity index (χ2v) is 7.81. The number of halogens is 1. The summed E-state index contributed by atoms with van der Waals surface area (Å²) in [4.78, 5) is 19.0. The quantitative estimate of drug-likeness (QED) is 0.740. The molecule has 26 heavy (non-hydrogen) atoms. The van der Waals surface area contributed by atoms with Gasteiger partial charge in [0, 0.05) is 42.0 Å². The Morgan fingerprint density at radius 3 is 2.88 bits per heavy atom. The molecule has 0 aliphatic carbocycles. The van der Waals surface area contributed by atoms with Gasteiger partial charge in [0.05, 0.1) is 17.9 Å². The fourth-order valence-electron chi connectivity index (χ4n) is 3.08. The topological polar surface area (TPSA) is 54.5 Å². The van der Waals surface area contributed by atoms with E-state index in [1.807, 2.05) is 24.3 Å². The first-order chi connectivity index (χ1) is 12.5. The summed E-state index contributed by atoms with van der Waals surface area (Å²) < 4.78 is 5.80. The molecular weight excluding hydrogens is 370 g/mol. The standard InChI is InChI=1S/C19H24ClN3O2S/c1-13-10-23(11-14(2)25-13)19-22-17(12-26-19)15-5-3-6-16(9-15)21-18(24)7-4-8-20/h3,5-6,9,12-14H,4,7-8,10-11H2,1-2H3,(H,21,24). The van der Waals surface area contributed by atoms with Gasteiger partial charge in [-0.05, 0) is 32.4 Å². The fraction of sp³-hybridized carbons (Fsp3) is 0.474. The van der Waals surface area contributed by atoms with Crippen molar-refractivity contribution in [1.82, 2.24) is 4.98 Å². The van der Waals surface area contributed by atoms with Gasteiger partial charge in [0.2, 0.25) is 5.91 Å². The van der Waals surface area contributed by atoms with E-state index in [1.165, 1.54) is 0 Å². The van der Waals surface area contributed by atoms with Gasteiger partial charge in [-0.3, -0.25) is 4.79 Å². The van der Waals surface area contributed by atoms with Crippen molar-refractivity contribution in [2.75, 3.05) is 29.2 Å². The Labute approximate surface area is 163 Å². The summed E-state index contributed by atoms with van der Waals surface area (Å²) in [6.07, 6.45) is 1.52. The largest absolute Gasteiger partial charge is 0.372 e. The Balaban J connectivity index is 1.71. The molecule has 1 amide bonds. The number of hydrogen-bond acceptors (Lipinski definition) is 5. The van der Waals surface area contributed by atoms with E-state index < -0.39 is 0 Å². The highest BCUT2D eigenvalue weighted by Crippen LogP contribution is 2.30. The molecule has 2 atom stereocenters. The van der Waals surface area contributed by atoms with Crippen molar-refractivity contribution in [3.05, 3.63) is 29.6 Å². The summed E-state index contributed by atoms with van der Waals surface area (Å²) in [6, 6.07) is 7.80. The number of benzene rings is 1. The average molecular weight is 394 g/mol. The van der Waals surface area contributed by atoms with Gasteiger partial charge < -0.3 is 15.0 Å². The molecule has 1 aromatic heterocycles. The van der Waals surface area contributed by atoms with Gasteiger partial charge in [-0.15, -0.1) is 22.9 Å². The molecule has 3 rings (SSSR count). The van der Waals surface area contributed by atoms with Crippen LogP contribution in [0.15, 0.2) is 29.6 Å². The van der Waals surface area contributed by atoms with Crippen molar-refractivity contribution in [1.29, 1.82) is 0 Å². The van der Waals surface area contributed by atoms with Gasteiger partial charge >= 0.3 is 0 Å². The lowest BCUT2D eigenvalue weighted by atomic mass is 10.1. The van der Waals surface area contributed by atoms with Gasteiger partial charge in [-0.2, -0.15) is 0 Å². The van der Waals surface area contributed by atoms with Crippen LogP contribution in [0.1, 0.15) is 26.7 Å². The second kappa shape index (κ2) is 8.84. The maximum absolute atomic E-state index is 11.9. The lowest BCUT2D eigenvalue weighted by Crippen LogP contribution is -2.45. The summed E-state index contributed by atoms with van der Waals surface area (Å²) >= 11 is 7.28. The number of carbonyl (C=O) groups excluding carboxylic acids is 1. The number of rotatable bonds is 6. The van der Waals surface area contributed by atoms with E-state index in [0.29, 0.717) is 18.7 Å². The smallest absolute Gasteiger partial charge is 0.224 e. The monoisotopic (exact) mass is 393 g/mol. The zero-order valence-electron chi connectivity index (χ0n) is 15.1. The summed E-state index contributed by atoms with van der Waals surface area (Å²) in [7, 11) is 0. The summed E-state index contributed by atoms with van der Waals surface area (Å²) in [5.41, 5.74) is 2.70. The van der Waals surface area contributed by atoms with Gasteiger partial charge in [0.25, 0.3) is 0 Å². The zero-order chi connectivity index (χ0) is 18.5. The third-order valence-corrected chi connectivity index (χ3v) is 5.33. The number of alkyl halides is 1. The number of amides is 1. The van der Waals surface area contributed by atoms with Crippen LogP contribution in [0.5, 0.6) is 0 Å². The highest BCUT2D eigenvalue weighted by atomic mass is 35.5. The molecule has 1 aliphatic heterocycles. The van der Waals surface area contributed by atoms with E-state index in [2.05, 4.69) is 29.4 Å². The fourth-order valence-corrected chi connectivity index (χ4v) is 4.07. The third kappa shape index (κ3) is 4.96. The van der Waals surface area contributed by atoms with Gasteiger partial charge in [0.1, 0.15) is 0 Å². The SMILES string of the molecule is CC1CN(c2nc(-c3cccc(NC(=O)CCCCl)c3)cs2)CC(C)O1. The minimum atomic E-state index is -0.0157. The number of aromatic nitrogens is 1. The molecule has 2 unspecified atom stereocenters. The van der Waals surface area contributed by atoms with Crippen molar-refractivity contribution >= 4 is 39.7 Å². The molecule has 0 bridgehead atoms. The first-order valence-corrected chi connectivity index (χ1v) is 10.3. The van der Waals surface area contributed by atoms with Crippen LogP contribution >= 0.6 is 22.9 Å². The highest BCUT2D eigenvalue weighted by molar-refractivity contribution is 7.14. The van der Waals surface area contributed by atoms with Crippen molar-refractivity contribution in [2.45, 2.75) is 38.9 Å². The highest BCUT2D eigenvalue weighted by Gasteiger charge is 2.24. The first-order valence-electron chi connectivity index (χ1n) is 8.87. The number of hydrogen-bond donors (Lipinski definition) is 1. The van der Waals surface area contributed by atoms with Crippen LogP contribution in [-0.2, 0) is 9.53 Å². The first kappa shape index (κ1) is 19.1. The number of nitrogens with one attached hydrogen (secondary N) is 1. The van der Waals surface area contributed by atoms with Crippen molar-refractivity contribution in [2.24, 2.45) is 0 Å². The molecule has 0 spiro atoms. The van der Waals surface area contributed by atoms with Crippen LogP contribution < -0.4 is 10.2 Å². The molecule has 1 aromatic carbocycles. The summed E-state index contributed by atoms with van der Waals surface area (Å²) in [5.74, 6) is 0.478. The van der Waals surface area contributed by atoms with Crippen molar-refractivity contribution in [3.63, 3.8) is 0 Å². The van der Waals surface area contributed by atoms with Crippen LogP contribution in [0, 0.1) is 0 Å². The zero-order valence-corrected chi connectivity index (χ0v) is 16.6. The van der Waals surface area contributed by atoms with E-state index in [-0.39, 0.29) is 18.1 Å². The van der Waals surface area contributed by atoms with Gasteiger partial charge in [-0.1, -0.05) is 12.1 Å². The molecule has 1 aliphatic rings. The second-order valence-electron chi connectivity index (χ2n) is 6.60. The number of thiazole rings is 1. The number of nitrogens with zero attached hydrogens (tertiary/aromatic N) is 2. The Morgan fingerprint density at radius 2 is 2.15 bits per heavy atom. The molecule has 2 aromatic rings. The molecule has 2 heterocycles. The Kier molecular flexibility index (Phi) is 6.51. The number of morpholine rings is 1. The molecule has 1 saturated heterocycles. The minimum absolute atomic E-state index is 0.0157. The molecule has 7 heteroatoms. The predicted molar refractivity (Wildman–Crippen MR) is 108 cm³/mol. The number of carbonyl (C=O) groups is 1. The van der Waals surface area contributed by atoms with Gasteiger partial charge in [0.15, 0.2) is 5.13 Å². The summed E-state index contributed by atoms with van der Waals surface area (Å²) in [6.45, 7) is 5.89. The maximum Gasteiger partial charge on any atom is 0.224 e. The molecule has 0 saturated carbocycles. The van der Waals surface area contributed by atoms with Crippen LogP contribution in [0.4, 0.5) is 10.8 Å². The average Bonchev–Trinajstić information content (AvgIpc) is 3.09. The maximum atomic E-state index is 11.9. The van der Waals surface area contributed by atoms with E-state index in [0.717, 1.165) is 35.2 Å². The van der Waals surface area contributed by atoms with E-state index in [1.54, 1.807) is 11.3 Å². The molecular formula is C19H24ClN3O2S. The van der Waals surface area contributed by atoms with Crippen LogP contribution in [0.2, 0.25) is 0 Å². The van der Waals surface area contributed by atoms with Crippen molar-refractivity contribution in [3.8, 4) is 11.3 Å². The molecule has 0 radical (unpaired) electrons. The Hall–Kier alpha value is -1.63. The van der Waals surface area contributed by atoms with Gasteiger partial charge in [-0.25, -0.2) is 4.98 Å². The Morgan fingerprint density at radius 1 is 1.38 bits per heavy atom. The van der Waals surface area contributed by atoms with Crippen LogP contribution in [0.3, 0.4) is 0 Å². The number of ether oxygens (including phenoxy) is 1. The normalized spacial score (nSPS) is 20.2. The summed E-state index contributed by atoms with van der Waals surface area (Å²) in [5, 5.41) is 6.00. The van der Waals surface area contributed by atoms with E-state index in [4.69, 9.17) is 21.3 Å². The van der Waals surface area contributed by atoms with E-state index >= 15 is 0 Å². The van der Waals surface area contributed by atoms with Crippen LogP contribution in [-0.4, -0.2) is 42.1 Å². The predicted octanol–water partition coefficient (Wildman–Crippen LogP) is 4.38. The third-order valence-electron chi connectivity index (χ3n) is 4.16. The van der Waals surface area contributed by atoms with E-state index in [9.17, 15) is 4.79 Å². The lowest BCUT2D eigenvalue weighted by molar-refractivity contribution is -0.116. The molecule has 1 N–H and O–H groups in total. The Bertz CT molecular complexity index is 742. The lowest BCUT2D eigenvalue weighted by Gasteiger charge is -2.35. The van der Waals surface area contributed by atoms with Crippen LogP contribution in [0.25, 0.3) is 11.3 Å². The molecule has 140 valence electrons. The number of anilines is 2. The van der Waals surface area contributed by atoms with Crippen molar-refractivity contribution < 1.29 is 9.53 Å². The molecule has 5 nitrogen and oxygen atoms in total.